The molecule has 1 unspecified atom stereocenters. The lowest BCUT2D eigenvalue weighted by molar-refractivity contribution is 0.408. The zero-order valence-corrected chi connectivity index (χ0v) is 8.75. The second kappa shape index (κ2) is 5.16. The smallest absolute Gasteiger partial charge is 0.0377 e. The Bertz CT molecular complexity index is 212. The summed E-state index contributed by atoms with van der Waals surface area (Å²) in [4.78, 5) is 2.40. The molecule has 0 radical (unpaired) electrons. The number of hydrogen-bond donors (Lipinski definition) is 0. The second-order valence-corrected chi connectivity index (χ2v) is 3.75. The van der Waals surface area contributed by atoms with Gasteiger partial charge in [0.1, 0.15) is 0 Å². The number of rotatable bonds is 3. The van der Waals surface area contributed by atoms with Gasteiger partial charge in [0.2, 0.25) is 0 Å². The molecule has 12 heavy (non-hydrogen) atoms. The van der Waals surface area contributed by atoms with Crippen molar-refractivity contribution >= 4 is 8.58 Å². The molecule has 0 N–H and O–H groups in total. The van der Waals surface area contributed by atoms with E-state index in [1.807, 2.05) is 0 Å². The molecule has 0 aromatic rings. The molecule has 1 aliphatic rings. The summed E-state index contributed by atoms with van der Waals surface area (Å²) in [5.74, 6) is 2.23. The highest BCUT2D eigenvalue weighted by atomic mass is 31.1. The molecule has 0 saturated carbocycles. The lowest BCUT2D eigenvalue weighted by atomic mass is 10.4. The van der Waals surface area contributed by atoms with Crippen LogP contribution < -0.4 is 0 Å². The average molecular weight is 181 g/mol. The lowest BCUT2D eigenvalue weighted by Gasteiger charge is -2.22. The first-order chi connectivity index (χ1) is 5.88. The van der Waals surface area contributed by atoms with Crippen LogP contribution in [0.2, 0.25) is 0 Å². The minimum absolute atomic E-state index is 0.824. The molecule has 0 aromatic carbocycles. The molecule has 1 heterocycles. The largest absolute Gasteiger partial charge is 0.372 e. The quantitative estimate of drug-likeness (QED) is 0.605. The predicted octanol–water partition coefficient (Wildman–Crippen LogP) is 2.93. The first kappa shape index (κ1) is 9.54. The maximum atomic E-state index is 2.40. The molecule has 0 aliphatic carbocycles. The Labute approximate surface area is 76.6 Å². The van der Waals surface area contributed by atoms with Gasteiger partial charge in [0.25, 0.3) is 0 Å². The van der Waals surface area contributed by atoms with Gasteiger partial charge in [0, 0.05) is 18.5 Å². The third-order valence-electron chi connectivity index (χ3n) is 1.91. The van der Waals surface area contributed by atoms with Crippen LogP contribution in [0.5, 0.6) is 0 Å². The van der Waals surface area contributed by atoms with Gasteiger partial charge in [0.15, 0.2) is 0 Å². The fraction of sp³-hybridized carbons (Fsp3) is 0.400. The van der Waals surface area contributed by atoms with E-state index in [4.69, 9.17) is 0 Å². The molecule has 0 spiro atoms. The van der Waals surface area contributed by atoms with E-state index in [2.05, 4.69) is 48.9 Å². The molecule has 0 bridgehead atoms. The molecule has 0 fully saturated rings. The van der Waals surface area contributed by atoms with E-state index in [9.17, 15) is 0 Å². The standard InChI is InChI=1S/C10H16NP/c1-3-11(4-2)10-8-6-5-7-9-12-10/h5-9,12H,3-4H2,1-2H3. The van der Waals surface area contributed by atoms with Crippen molar-refractivity contribution in [1.29, 1.82) is 0 Å². The molecule has 0 aromatic heterocycles. The Hall–Kier alpha value is -0.550. The van der Waals surface area contributed by atoms with Gasteiger partial charge in [0.05, 0.1) is 0 Å². The molecular formula is C10H16NP. The van der Waals surface area contributed by atoms with Crippen LogP contribution >= 0.6 is 8.58 Å². The van der Waals surface area contributed by atoms with Crippen LogP contribution in [0.4, 0.5) is 0 Å². The van der Waals surface area contributed by atoms with Gasteiger partial charge in [-0.1, -0.05) is 24.0 Å². The molecule has 1 atom stereocenters. The van der Waals surface area contributed by atoms with Crippen molar-refractivity contribution in [2.75, 3.05) is 13.1 Å². The summed E-state index contributed by atoms with van der Waals surface area (Å²) in [5.41, 5.74) is 1.45. The maximum Gasteiger partial charge on any atom is 0.0377 e. The van der Waals surface area contributed by atoms with Crippen molar-refractivity contribution < 1.29 is 0 Å². The van der Waals surface area contributed by atoms with Crippen LogP contribution in [0, 0.1) is 0 Å². The summed E-state index contributed by atoms with van der Waals surface area (Å²) in [6.07, 6.45) is 8.53. The number of hydrogen-bond acceptors (Lipinski definition) is 1. The van der Waals surface area contributed by atoms with E-state index in [-0.39, 0.29) is 0 Å². The Kier molecular flexibility index (Phi) is 4.10. The Morgan fingerprint density at radius 2 is 1.92 bits per heavy atom. The molecule has 1 aliphatic heterocycles. The summed E-state index contributed by atoms with van der Waals surface area (Å²) in [7, 11) is 0.824. The Balaban J connectivity index is 2.66. The van der Waals surface area contributed by atoms with E-state index in [1.54, 1.807) is 0 Å². The van der Waals surface area contributed by atoms with E-state index in [0.717, 1.165) is 21.7 Å². The first-order valence-corrected chi connectivity index (χ1v) is 5.51. The fourth-order valence-electron chi connectivity index (χ4n) is 1.21. The topological polar surface area (TPSA) is 3.24 Å². The average Bonchev–Trinajstić information content (AvgIpc) is 2.35. The number of allylic oxidation sites excluding steroid dienone is 4. The normalized spacial score (nSPS) is 17.7. The fourth-order valence-corrected chi connectivity index (χ4v) is 2.28. The molecule has 1 rings (SSSR count). The lowest BCUT2D eigenvalue weighted by Crippen LogP contribution is -2.19. The maximum absolute atomic E-state index is 2.40. The van der Waals surface area contributed by atoms with Crippen molar-refractivity contribution in [2.24, 2.45) is 0 Å². The second-order valence-electron chi connectivity index (χ2n) is 2.61. The highest BCUT2D eigenvalue weighted by Crippen LogP contribution is 2.29. The monoisotopic (exact) mass is 181 g/mol. The molecular weight excluding hydrogens is 165 g/mol. The van der Waals surface area contributed by atoms with E-state index >= 15 is 0 Å². The summed E-state index contributed by atoms with van der Waals surface area (Å²) < 4.78 is 0. The van der Waals surface area contributed by atoms with E-state index < -0.39 is 0 Å². The van der Waals surface area contributed by atoms with Crippen molar-refractivity contribution in [3.8, 4) is 0 Å². The van der Waals surface area contributed by atoms with Gasteiger partial charge >= 0.3 is 0 Å². The SMILES string of the molecule is CCN(CC)C1=CC=CC=CP1. The van der Waals surface area contributed by atoms with Gasteiger partial charge in [-0.2, -0.15) is 0 Å². The molecule has 0 amide bonds. The van der Waals surface area contributed by atoms with Crippen molar-refractivity contribution in [3.63, 3.8) is 0 Å². The van der Waals surface area contributed by atoms with Crippen LogP contribution in [0.15, 0.2) is 35.6 Å². The van der Waals surface area contributed by atoms with Crippen molar-refractivity contribution in [3.05, 3.63) is 35.6 Å². The van der Waals surface area contributed by atoms with E-state index in [1.165, 1.54) is 5.44 Å². The minimum atomic E-state index is 0.824. The third kappa shape index (κ3) is 2.49. The molecule has 2 heteroatoms. The predicted molar refractivity (Wildman–Crippen MR) is 57.6 cm³/mol. The highest BCUT2D eigenvalue weighted by molar-refractivity contribution is 7.46. The first-order valence-electron chi connectivity index (χ1n) is 4.43. The summed E-state index contributed by atoms with van der Waals surface area (Å²) in [6.45, 7) is 6.62. The zero-order chi connectivity index (χ0) is 8.81. The van der Waals surface area contributed by atoms with Gasteiger partial charge in [-0.25, -0.2) is 0 Å². The number of nitrogens with zero attached hydrogens (tertiary/aromatic N) is 1. The molecule has 0 saturated heterocycles. The minimum Gasteiger partial charge on any atom is -0.372 e. The van der Waals surface area contributed by atoms with Crippen LogP contribution in [0.1, 0.15) is 13.8 Å². The van der Waals surface area contributed by atoms with Gasteiger partial charge in [-0.05, 0) is 28.5 Å². The van der Waals surface area contributed by atoms with Crippen LogP contribution in [0.25, 0.3) is 0 Å². The third-order valence-corrected chi connectivity index (χ3v) is 3.05. The summed E-state index contributed by atoms with van der Waals surface area (Å²) >= 11 is 0. The highest BCUT2D eigenvalue weighted by Gasteiger charge is 2.02. The Morgan fingerprint density at radius 3 is 2.58 bits per heavy atom. The Morgan fingerprint density at radius 1 is 1.17 bits per heavy atom. The zero-order valence-electron chi connectivity index (χ0n) is 7.75. The van der Waals surface area contributed by atoms with E-state index in [0.29, 0.717) is 0 Å². The van der Waals surface area contributed by atoms with Gasteiger partial charge in [-0.15, -0.1) is 0 Å². The van der Waals surface area contributed by atoms with Crippen LogP contribution in [0.3, 0.4) is 0 Å². The molecule has 1 nitrogen and oxygen atoms in total. The van der Waals surface area contributed by atoms with Crippen molar-refractivity contribution in [2.45, 2.75) is 13.8 Å². The summed E-state index contributed by atoms with van der Waals surface area (Å²) in [5, 5.41) is 0. The van der Waals surface area contributed by atoms with Crippen LogP contribution in [-0.2, 0) is 0 Å². The van der Waals surface area contributed by atoms with Gasteiger partial charge in [-0.3, -0.25) is 0 Å². The molecule has 66 valence electrons. The summed E-state index contributed by atoms with van der Waals surface area (Å²) in [6, 6.07) is 0. The van der Waals surface area contributed by atoms with Crippen molar-refractivity contribution in [1.82, 2.24) is 4.90 Å². The van der Waals surface area contributed by atoms with Gasteiger partial charge < -0.3 is 4.90 Å². The van der Waals surface area contributed by atoms with Crippen LogP contribution in [-0.4, -0.2) is 18.0 Å².